The van der Waals surface area contributed by atoms with E-state index in [-0.39, 0.29) is 17.2 Å². The number of nitrogens with zero attached hydrogens (tertiary/aromatic N) is 2. The molecule has 0 saturated carbocycles. The van der Waals surface area contributed by atoms with Gasteiger partial charge in [0.05, 0.1) is 38.0 Å². The van der Waals surface area contributed by atoms with Crippen LogP contribution < -0.4 is 0 Å². The van der Waals surface area contributed by atoms with Gasteiger partial charge in [-0.15, -0.1) is 0 Å². The van der Waals surface area contributed by atoms with Gasteiger partial charge >= 0.3 is 0 Å². The van der Waals surface area contributed by atoms with Gasteiger partial charge in [0.2, 0.25) is 0 Å². The second kappa shape index (κ2) is 10.3. The molecule has 30 heavy (non-hydrogen) atoms. The molecule has 0 aliphatic carbocycles. The van der Waals surface area contributed by atoms with Crippen LogP contribution in [-0.4, -0.2) is 67.0 Å². The van der Waals surface area contributed by atoms with Crippen molar-refractivity contribution >= 4 is 32.7 Å². The molecule has 2 amide bonds. The molecular weight excluding hydrogens is 420 g/mol. The van der Waals surface area contributed by atoms with Crippen LogP contribution in [0.1, 0.15) is 22.0 Å². The molecule has 1 atom stereocenters. The summed E-state index contributed by atoms with van der Waals surface area (Å²) in [5.74, 6) is -0.0111. The number of hydrogen-bond acceptors (Lipinski definition) is 6. The lowest BCUT2D eigenvalue weighted by atomic mass is 10.1. The molecule has 2 aromatic carbocycles. The van der Waals surface area contributed by atoms with Crippen LogP contribution in [0, 0.1) is 0 Å². The van der Waals surface area contributed by atoms with Crippen LogP contribution in [0.5, 0.6) is 0 Å². The Bertz CT molecular complexity index is 874. The Morgan fingerprint density at radius 1 is 0.867 bits per heavy atom. The first-order chi connectivity index (χ1) is 14.7. The maximum atomic E-state index is 13.0. The van der Waals surface area contributed by atoms with Crippen LogP contribution in [0.15, 0.2) is 59.5 Å². The van der Waals surface area contributed by atoms with Gasteiger partial charge in [-0.25, -0.2) is 0 Å². The molecule has 2 aliphatic rings. The van der Waals surface area contributed by atoms with Gasteiger partial charge in [0.1, 0.15) is 0 Å². The fourth-order valence-electron chi connectivity index (χ4n) is 3.55. The van der Waals surface area contributed by atoms with Crippen molar-refractivity contribution in [3.8, 4) is 0 Å². The average Bonchev–Trinajstić information content (AvgIpc) is 2.83. The van der Waals surface area contributed by atoms with Crippen LogP contribution in [0.25, 0.3) is 0 Å². The predicted octanol–water partition coefficient (Wildman–Crippen LogP) is 4.09. The highest BCUT2D eigenvalue weighted by Crippen LogP contribution is 2.38. The summed E-state index contributed by atoms with van der Waals surface area (Å²) in [6.45, 7) is 3.89. The number of rotatable bonds is 4. The van der Waals surface area contributed by atoms with E-state index < -0.39 is 0 Å². The summed E-state index contributed by atoms with van der Waals surface area (Å²) in [4.78, 5) is 30.5. The molecule has 0 radical (unpaired) electrons. The van der Waals surface area contributed by atoms with E-state index in [1.807, 2.05) is 64.4 Å². The average molecular weight is 445 g/mol. The Morgan fingerprint density at radius 2 is 1.57 bits per heavy atom. The van der Waals surface area contributed by atoms with E-state index in [0.717, 1.165) is 10.5 Å². The van der Waals surface area contributed by atoms with Crippen molar-refractivity contribution in [2.75, 3.05) is 46.1 Å². The molecule has 1 unspecified atom stereocenters. The first-order valence-corrected chi connectivity index (χ1v) is 12.1. The molecule has 2 saturated heterocycles. The van der Waals surface area contributed by atoms with E-state index in [2.05, 4.69) is 0 Å². The van der Waals surface area contributed by atoms with Crippen molar-refractivity contribution < 1.29 is 19.1 Å². The van der Waals surface area contributed by atoms with E-state index >= 15 is 0 Å². The summed E-state index contributed by atoms with van der Waals surface area (Å²) in [5.41, 5.74) is 1.70. The van der Waals surface area contributed by atoms with Gasteiger partial charge in [0.25, 0.3) is 11.1 Å². The lowest BCUT2D eigenvalue weighted by molar-refractivity contribution is 0.0177. The highest BCUT2D eigenvalue weighted by molar-refractivity contribution is 8.82. The zero-order chi connectivity index (χ0) is 20.8. The predicted molar refractivity (Wildman–Crippen MR) is 119 cm³/mol. The van der Waals surface area contributed by atoms with Crippen LogP contribution in [0.2, 0.25) is 0 Å². The van der Waals surface area contributed by atoms with Crippen LogP contribution in [-0.2, 0) is 9.47 Å². The Kier molecular flexibility index (Phi) is 7.33. The van der Waals surface area contributed by atoms with E-state index in [9.17, 15) is 9.59 Å². The maximum Gasteiger partial charge on any atom is 0.293 e. The van der Waals surface area contributed by atoms with Gasteiger partial charge in [0.15, 0.2) is 0 Å². The fourth-order valence-corrected chi connectivity index (χ4v) is 5.62. The fraction of sp³-hybridized carbons (Fsp3) is 0.364. The third-order valence-electron chi connectivity index (χ3n) is 5.17. The molecular formula is C22H24N2O4S2. The number of amides is 2. The highest BCUT2D eigenvalue weighted by atomic mass is 33.1. The topological polar surface area (TPSA) is 59.1 Å². The first kappa shape index (κ1) is 21.2. The molecule has 2 aliphatic heterocycles. The van der Waals surface area contributed by atoms with Crippen molar-refractivity contribution in [1.82, 2.24) is 9.80 Å². The summed E-state index contributed by atoms with van der Waals surface area (Å²) < 4.78 is 11.0. The third kappa shape index (κ3) is 5.00. The molecule has 2 fully saturated rings. The highest BCUT2D eigenvalue weighted by Gasteiger charge is 2.29. The smallest absolute Gasteiger partial charge is 0.293 e. The van der Waals surface area contributed by atoms with Crippen molar-refractivity contribution in [3.63, 3.8) is 0 Å². The van der Waals surface area contributed by atoms with E-state index in [1.165, 1.54) is 21.6 Å². The second-order valence-electron chi connectivity index (χ2n) is 7.03. The van der Waals surface area contributed by atoms with Crippen LogP contribution >= 0.6 is 21.6 Å². The van der Waals surface area contributed by atoms with Gasteiger partial charge in [-0.1, -0.05) is 42.5 Å². The van der Waals surface area contributed by atoms with E-state index in [0.29, 0.717) is 51.6 Å². The van der Waals surface area contributed by atoms with Gasteiger partial charge in [-0.2, -0.15) is 0 Å². The summed E-state index contributed by atoms with van der Waals surface area (Å²) >= 11 is 0. The molecule has 6 nitrogen and oxygen atoms in total. The third-order valence-corrected chi connectivity index (χ3v) is 7.38. The Hall–Kier alpha value is -2.00. The van der Waals surface area contributed by atoms with Crippen molar-refractivity contribution in [3.05, 3.63) is 65.7 Å². The van der Waals surface area contributed by atoms with Gasteiger partial charge in [-0.05, 0) is 28.5 Å². The van der Waals surface area contributed by atoms with Crippen LogP contribution in [0.4, 0.5) is 4.79 Å². The molecule has 4 rings (SSSR count). The van der Waals surface area contributed by atoms with Crippen molar-refractivity contribution in [2.45, 2.75) is 10.9 Å². The monoisotopic (exact) mass is 444 g/mol. The molecule has 0 aromatic heterocycles. The largest absolute Gasteiger partial charge is 0.378 e. The number of carbonyl (C=O) groups is 2. The minimum Gasteiger partial charge on any atom is -0.378 e. The number of benzene rings is 2. The number of ether oxygens (including phenoxy) is 2. The van der Waals surface area contributed by atoms with Crippen molar-refractivity contribution in [2.24, 2.45) is 0 Å². The molecule has 2 heterocycles. The quantitative estimate of drug-likeness (QED) is 0.662. The second-order valence-corrected chi connectivity index (χ2v) is 9.15. The minimum absolute atomic E-state index is 0.0111. The summed E-state index contributed by atoms with van der Waals surface area (Å²) in [6, 6.07) is 17.3. The molecule has 158 valence electrons. The standard InChI is InChI=1S/C22H24N2O4S2/c25-21(23-10-13-27-14-11-23)18-8-4-5-9-20(18)29-30-22(26)24-12-15-28-16-19(24)17-6-2-1-3-7-17/h1-9,19H,10-16H2. The van der Waals surface area contributed by atoms with Gasteiger partial charge in [-0.3, -0.25) is 9.59 Å². The molecule has 0 spiro atoms. The lowest BCUT2D eigenvalue weighted by Crippen LogP contribution is -2.41. The Balaban J connectivity index is 1.44. The van der Waals surface area contributed by atoms with Gasteiger partial charge in [0, 0.05) is 35.3 Å². The molecule has 0 N–H and O–H groups in total. The zero-order valence-electron chi connectivity index (χ0n) is 16.6. The number of carbonyl (C=O) groups excluding carboxylic acids is 2. The summed E-state index contributed by atoms with van der Waals surface area (Å²) in [7, 11) is 2.51. The lowest BCUT2D eigenvalue weighted by Gasteiger charge is -2.35. The van der Waals surface area contributed by atoms with E-state index in [1.54, 1.807) is 0 Å². The number of hydrogen-bond donors (Lipinski definition) is 0. The maximum absolute atomic E-state index is 13.0. The molecule has 8 heteroatoms. The zero-order valence-corrected chi connectivity index (χ0v) is 18.2. The summed E-state index contributed by atoms with van der Waals surface area (Å²) in [5, 5.41) is -0.0224. The van der Waals surface area contributed by atoms with Crippen LogP contribution in [0.3, 0.4) is 0 Å². The first-order valence-electron chi connectivity index (χ1n) is 9.98. The minimum atomic E-state index is -0.0919. The Morgan fingerprint density at radius 3 is 2.37 bits per heavy atom. The number of morpholine rings is 2. The van der Waals surface area contributed by atoms with E-state index in [4.69, 9.17) is 9.47 Å². The normalized spacial score (nSPS) is 19.5. The van der Waals surface area contributed by atoms with Crippen molar-refractivity contribution in [1.29, 1.82) is 0 Å². The molecule has 0 bridgehead atoms. The SMILES string of the molecule is O=C(c1ccccc1SSC(=O)N1CCOCC1c1ccccc1)N1CCOCC1. The Labute approximate surface area is 184 Å². The summed E-state index contributed by atoms with van der Waals surface area (Å²) in [6.07, 6.45) is 0. The van der Waals surface area contributed by atoms with Gasteiger partial charge < -0.3 is 19.3 Å². The molecule has 2 aromatic rings.